The molecule has 35 heavy (non-hydrogen) atoms. The Hall–Kier alpha value is -3.88. The standard InChI is InChI=1S/C23H14ClF3N4O3S/c1-14-7-11-17(12-8-14)35(33,34)31-13-16(10-9-15-5-3-2-4-6-15)18-19(24)28-22(29-20(18)31)30-21(32)23(25,26)27/h2-8,11-13H,1H3,(H,28,29,30,32). The van der Waals surface area contributed by atoms with Gasteiger partial charge in [0.15, 0.2) is 5.65 Å². The number of carbonyl (C=O) groups is 1. The zero-order valence-electron chi connectivity index (χ0n) is 17.8. The molecule has 0 fully saturated rings. The van der Waals surface area contributed by atoms with E-state index in [-0.39, 0.29) is 26.6 Å². The number of aryl methyl sites for hydroxylation is 1. The molecule has 2 aromatic carbocycles. The van der Waals surface area contributed by atoms with Crippen molar-refractivity contribution in [2.75, 3.05) is 5.32 Å². The smallest absolute Gasteiger partial charge is 0.287 e. The summed E-state index contributed by atoms with van der Waals surface area (Å²) in [6.07, 6.45) is -4.06. The van der Waals surface area contributed by atoms with Gasteiger partial charge in [0.05, 0.1) is 15.8 Å². The lowest BCUT2D eigenvalue weighted by atomic mass is 10.2. The highest BCUT2D eigenvalue weighted by atomic mass is 35.5. The van der Waals surface area contributed by atoms with E-state index < -0.39 is 28.1 Å². The van der Waals surface area contributed by atoms with Crippen LogP contribution in [-0.2, 0) is 14.8 Å². The minimum absolute atomic E-state index is 0.00390. The van der Waals surface area contributed by atoms with Crippen molar-refractivity contribution in [3.05, 3.63) is 82.6 Å². The third-order valence-corrected chi connectivity index (χ3v) is 6.68. The van der Waals surface area contributed by atoms with E-state index in [1.807, 2.05) is 0 Å². The van der Waals surface area contributed by atoms with Crippen molar-refractivity contribution < 1.29 is 26.4 Å². The summed E-state index contributed by atoms with van der Waals surface area (Å²) in [5.74, 6) is 2.53. The van der Waals surface area contributed by atoms with Crippen molar-refractivity contribution >= 4 is 44.5 Å². The SMILES string of the molecule is Cc1ccc(S(=O)(=O)n2cc(C#Cc3ccccc3)c3c(Cl)nc(NC(=O)C(F)(F)F)nc32)cc1. The molecule has 2 aromatic heterocycles. The molecule has 0 aliphatic rings. The highest BCUT2D eigenvalue weighted by molar-refractivity contribution is 7.90. The molecule has 0 unspecified atom stereocenters. The van der Waals surface area contributed by atoms with Crippen molar-refractivity contribution in [1.29, 1.82) is 0 Å². The van der Waals surface area contributed by atoms with Gasteiger partial charge in [-0.3, -0.25) is 10.1 Å². The van der Waals surface area contributed by atoms with Gasteiger partial charge in [0, 0.05) is 11.8 Å². The van der Waals surface area contributed by atoms with Crippen LogP contribution in [0.15, 0.2) is 65.7 Å². The van der Waals surface area contributed by atoms with E-state index in [2.05, 4.69) is 21.8 Å². The number of anilines is 1. The lowest BCUT2D eigenvalue weighted by Gasteiger charge is -2.09. The Bertz CT molecular complexity index is 1610. The van der Waals surface area contributed by atoms with Crippen LogP contribution in [0.2, 0.25) is 5.15 Å². The monoisotopic (exact) mass is 518 g/mol. The quantitative estimate of drug-likeness (QED) is 0.318. The highest BCUT2D eigenvalue weighted by Gasteiger charge is 2.39. The Kier molecular flexibility index (Phi) is 6.27. The fraction of sp³-hybridized carbons (Fsp3) is 0.0870. The second kappa shape index (κ2) is 9.05. The number of carbonyl (C=O) groups excluding carboxylic acids is 1. The van der Waals surface area contributed by atoms with Crippen molar-refractivity contribution in [3.8, 4) is 11.8 Å². The second-order valence-corrected chi connectivity index (χ2v) is 9.43. The van der Waals surface area contributed by atoms with Gasteiger partial charge in [0.1, 0.15) is 5.15 Å². The zero-order valence-corrected chi connectivity index (χ0v) is 19.3. The van der Waals surface area contributed by atoms with Gasteiger partial charge in [-0.25, -0.2) is 12.4 Å². The second-order valence-electron chi connectivity index (χ2n) is 7.26. The number of halogens is 4. The maximum atomic E-state index is 13.4. The topological polar surface area (TPSA) is 94.0 Å². The Labute approximate surface area is 202 Å². The molecule has 0 radical (unpaired) electrons. The number of rotatable bonds is 3. The molecular formula is C23H14ClF3N4O3S. The molecular weight excluding hydrogens is 505 g/mol. The average Bonchev–Trinajstić information content (AvgIpc) is 3.18. The first kappa shape index (κ1) is 24.3. The molecule has 0 atom stereocenters. The van der Waals surface area contributed by atoms with E-state index in [4.69, 9.17) is 11.6 Å². The molecule has 1 amide bonds. The van der Waals surface area contributed by atoms with Crippen molar-refractivity contribution in [3.63, 3.8) is 0 Å². The van der Waals surface area contributed by atoms with Crippen LogP contribution in [0.1, 0.15) is 16.7 Å². The Morgan fingerprint density at radius 1 is 1.03 bits per heavy atom. The van der Waals surface area contributed by atoms with Crippen LogP contribution in [0.4, 0.5) is 19.1 Å². The number of nitrogens with one attached hydrogen (secondary N) is 1. The molecule has 1 N–H and O–H groups in total. The first-order chi connectivity index (χ1) is 16.5. The molecule has 0 saturated carbocycles. The largest absolute Gasteiger partial charge is 0.471 e. The van der Waals surface area contributed by atoms with Crippen LogP contribution < -0.4 is 5.32 Å². The number of alkyl halides is 3. The summed E-state index contributed by atoms with van der Waals surface area (Å²) in [7, 11) is -4.27. The third-order valence-electron chi connectivity index (χ3n) is 4.75. The van der Waals surface area contributed by atoms with E-state index in [9.17, 15) is 26.4 Å². The lowest BCUT2D eigenvalue weighted by molar-refractivity contribution is -0.167. The summed E-state index contributed by atoms with van der Waals surface area (Å²) in [4.78, 5) is 18.8. The number of nitrogens with zero attached hydrogens (tertiary/aromatic N) is 3. The van der Waals surface area contributed by atoms with Crippen LogP contribution in [0, 0.1) is 18.8 Å². The van der Waals surface area contributed by atoms with E-state index >= 15 is 0 Å². The molecule has 2 heterocycles. The molecule has 4 aromatic rings. The van der Waals surface area contributed by atoms with Gasteiger partial charge in [-0.15, -0.1) is 0 Å². The molecule has 0 aliphatic carbocycles. The average molecular weight is 519 g/mol. The molecule has 0 saturated heterocycles. The number of benzene rings is 2. The zero-order chi connectivity index (χ0) is 25.4. The molecule has 0 bridgehead atoms. The van der Waals surface area contributed by atoms with Crippen LogP contribution in [0.25, 0.3) is 11.0 Å². The Morgan fingerprint density at radius 3 is 2.31 bits per heavy atom. The molecule has 4 rings (SSSR count). The predicted molar refractivity (Wildman–Crippen MR) is 123 cm³/mol. The van der Waals surface area contributed by atoms with Gasteiger partial charge in [-0.1, -0.05) is 59.3 Å². The highest BCUT2D eigenvalue weighted by Crippen LogP contribution is 2.30. The predicted octanol–water partition coefficient (Wildman–Crippen LogP) is 4.53. The number of fused-ring (bicyclic) bond motifs is 1. The number of hydrogen-bond donors (Lipinski definition) is 1. The van der Waals surface area contributed by atoms with Gasteiger partial charge >= 0.3 is 12.1 Å². The maximum absolute atomic E-state index is 13.4. The van der Waals surface area contributed by atoms with Crippen LogP contribution >= 0.6 is 11.6 Å². The lowest BCUT2D eigenvalue weighted by Crippen LogP contribution is -2.30. The number of amides is 1. The molecule has 0 aliphatic heterocycles. The van der Waals surface area contributed by atoms with Gasteiger partial charge in [0.2, 0.25) is 5.95 Å². The summed E-state index contributed by atoms with van der Waals surface area (Å²) in [5.41, 5.74) is 1.22. The minimum atomic E-state index is -5.22. The van der Waals surface area contributed by atoms with E-state index in [0.29, 0.717) is 5.56 Å². The van der Waals surface area contributed by atoms with Crippen molar-refractivity contribution in [2.24, 2.45) is 0 Å². The van der Waals surface area contributed by atoms with E-state index in [1.54, 1.807) is 49.4 Å². The first-order valence-electron chi connectivity index (χ1n) is 9.83. The molecule has 12 heteroatoms. The normalized spacial score (nSPS) is 11.7. The summed E-state index contributed by atoms with van der Waals surface area (Å²) in [6, 6.07) is 14.7. The first-order valence-corrected chi connectivity index (χ1v) is 11.6. The summed E-state index contributed by atoms with van der Waals surface area (Å²) in [5, 5.41) is 1.10. The summed E-state index contributed by atoms with van der Waals surface area (Å²) in [6.45, 7) is 1.78. The fourth-order valence-electron chi connectivity index (χ4n) is 3.05. The summed E-state index contributed by atoms with van der Waals surface area (Å²) >= 11 is 6.22. The number of aromatic nitrogens is 3. The van der Waals surface area contributed by atoms with Gasteiger partial charge < -0.3 is 0 Å². The van der Waals surface area contributed by atoms with Gasteiger partial charge in [-0.05, 0) is 31.2 Å². The molecule has 7 nitrogen and oxygen atoms in total. The van der Waals surface area contributed by atoms with Gasteiger partial charge in [0.25, 0.3) is 10.0 Å². The van der Waals surface area contributed by atoms with Crippen molar-refractivity contribution in [2.45, 2.75) is 18.0 Å². The third kappa shape index (κ3) is 4.99. The number of hydrogen-bond acceptors (Lipinski definition) is 5. The Balaban J connectivity index is 1.94. The van der Waals surface area contributed by atoms with E-state index in [1.165, 1.54) is 17.4 Å². The van der Waals surface area contributed by atoms with Crippen LogP contribution in [0.5, 0.6) is 0 Å². The van der Waals surface area contributed by atoms with Crippen LogP contribution in [0.3, 0.4) is 0 Å². The van der Waals surface area contributed by atoms with Gasteiger partial charge in [-0.2, -0.15) is 23.1 Å². The maximum Gasteiger partial charge on any atom is 0.471 e. The van der Waals surface area contributed by atoms with Crippen LogP contribution in [-0.4, -0.2) is 34.4 Å². The van der Waals surface area contributed by atoms with Crippen molar-refractivity contribution in [1.82, 2.24) is 13.9 Å². The van der Waals surface area contributed by atoms with E-state index in [0.717, 1.165) is 15.7 Å². The molecule has 0 spiro atoms. The fourth-order valence-corrected chi connectivity index (χ4v) is 4.62. The molecule has 178 valence electrons. The minimum Gasteiger partial charge on any atom is -0.287 e. The Morgan fingerprint density at radius 2 is 1.69 bits per heavy atom. The summed E-state index contributed by atoms with van der Waals surface area (Å²) < 4.78 is 65.7.